The number of hydrogen-bond donors (Lipinski definition) is 2. The molecule has 2 spiro atoms. The molecule has 6 nitrogen and oxygen atoms in total. The minimum absolute atomic E-state index is 0.0183. The summed E-state index contributed by atoms with van der Waals surface area (Å²) in [5, 5.41) is 20.9. The van der Waals surface area contributed by atoms with Crippen LogP contribution in [-0.4, -0.2) is 95.8 Å². The van der Waals surface area contributed by atoms with Gasteiger partial charge in [-0.2, -0.15) is 0 Å². The molecule has 256 valence electrons. The maximum absolute atomic E-state index is 10.5. The first kappa shape index (κ1) is 30.0. The van der Waals surface area contributed by atoms with Gasteiger partial charge in [0.2, 0.25) is 0 Å². The van der Waals surface area contributed by atoms with Gasteiger partial charge in [0, 0.05) is 61.3 Å². The van der Waals surface area contributed by atoms with Crippen molar-refractivity contribution in [2.45, 2.75) is 60.7 Å². The number of aliphatic hydroxyl groups is 2. The molecule has 6 heteroatoms. The Morgan fingerprint density at radius 3 is 1.54 bits per heavy atom. The number of anilines is 2. The van der Waals surface area contributed by atoms with Crippen molar-refractivity contribution in [3.8, 4) is 0 Å². The molecule has 4 saturated heterocycles. The van der Waals surface area contributed by atoms with Crippen molar-refractivity contribution in [2.24, 2.45) is 11.8 Å². The van der Waals surface area contributed by atoms with Crippen LogP contribution in [0.15, 0.2) is 121 Å². The van der Waals surface area contributed by atoms with Crippen LogP contribution in [0.5, 0.6) is 0 Å². The third-order valence-corrected chi connectivity index (χ3v) is 15.9. The van der Waals surface area contributed by atoms with E-state index in [-0.39, 0.29) is 36.1 Å². The smallest absolute Gasteiger partial charge is 0.103 e. The summed E-state index contributed by atoms with van der Waals surface area (Å²) in [4.78, 5) is 5.54. The van der Waals surface area contributed by atoms with Crippen molar-refractivity contribution in [3.05, 3.63) is 132 Å². The second-order valence-electron chi connectivity index (χ2n) is 17.2. The number of aliphatic hydroxyl groups excluding tert-OH is 2. The highest BCUT2D eigenvalue weighted by Gasteiger charge is 2.75. The Kier molecular flexibility index (Phi) is 6.00. The van der Waals surface area contributed by atoms with Gasteiger partial charge in [0.05, 0.1) is 62.3 Å². The van der Waals surface area contributed by atoms with E-state index in [9.17, 15) is 10.2 Å². The van der Waals surface area contributed by atoms with Gasteiger partial charge in [0.25, 0.3) is 0 Å². The van der Waals surface area contributed by atoms with Crippen LogP contribution in [-0.2, 0) is 10.8 Å². The number of para-hydroxylation sites is 2. The molecule has 7 heterocycles. The summed E-state index contributed by atoms with van der Waals surface area (Å²) < 4.78 is 2.12. The predicted octanol–water partition coefficient (Wildman–Crippen LogP) is 5.48. The lowest BCUT2D eigenvalue weighted by Gasteiger charge is -2.59. The lowest BCUT2D eigenvalue weighted by Crippen LogP contribution is -2.69. The average molecular weight is 667 g/mol. The second-order valence-corrected chi connectivity index (χ2v) is 17.2. The van der Waals surface area contributed by atoms with Crippen LogP contribution in [0.3, 0.4) is 0 Å². The fourth-order valence-corrected chi connectivity index (χ4v) is 14.6. The van der Waals surface area contributed by atoms with Crippen LogP contribution in [0.25, 0.3) is 0 Å². The van der Waals surface area contributed by atoms with Gasteiger partial charge in [0.15, 0.2) is 0 Å². The first-order chi connectivity index (χ1) is 24.5. The van der Waals surface area contributed by atoms with Gasteiger partial charge in [0.1, 0.15) is 25.2 Å². The fourth-order valence-electron chi connectivity index (χ4n) is 14.6. The van der Waals surface area contributed by atoms with E-state index in [1.165, 1.54) is 33.6 Å². The molecule has 7 aliphatic heterocycles. The van der Waals surface area contributed by atoms with Gasteiger partial charge in [-0.3, -0.25) is 0 Å². The molecule has 50 heavy (non-hydrogen) atoms. The normalized spacial score (nSPS) is 45.5. The van der Waals surface area contributed by atoms with Crippen LogP contribution in [0.2, 0.25) is 0 Å². The fraction of sp³-hybridized carbons (Fsp3) is 0.455. The van der Waals surface area contributed by atoms with E-state index in [4.69, 9.17) is 0 Å². The quantitative estimate of drug-likeness (QED) is 0.317. The summed E-state index contributed by atoms with van der Waals surface area (Å²) in [6.07, 6.45) is 18.6. The minimum atomic E-state index is 0.0183. The molecule has 9 aliphatic rings. The lowest BCUT2D eigenvalue weighted by atomic mass is 9.56. The first-order valence-corrected chi connectivity index (χ1v) is 19.2. The standard InChI is InChI=1S/C44H50N4O2/c1-3-17-47-19-15-43-35-9-5-7-11-37(35)45-26-34-32-24-40-44(16-20-48(40,18-4-2)28-30(32)14-22-50)36-10-6-8-12-38(36)46(42(34)44)25-33(41(43)45)31(23-39(43)47)29(27-47)13-21-49/h3-14,25-26,31-32,39-42,49-50H,1-2,15-24,27-28H2/q+2/b29-13+,30-14+,33-25-,34-26-/t31-,32-,39-,40-,41-,42-,43+,44+,47-,48?/m0/s1. The average Bonchev–Trinajstić information content (AvgIpc) is 3.81. The highest BCUT2D eigenvalue weighted by molar-refractivity contribution is 5.77. The zero-order chi connectivity index (χ0) is 33.6. The topological polar surface area (TPSA) is 46.9 Å². The number of piperidine rings is 2. The summed E-state index contributed by atoms with van der Waals surface area (Å²) >= 11 is 0. The summed E-state index contributed by atoms with van der Waals surface area (Å²) in [7, 11) is 0. The van der Waals surface area contributed by atoms with Crippen LogP contribution in [0, 0.1) is 11.8 Å². The largest absolute Gasteiger partial charge is 0.392 e. The monoisotopic (exact) mass is 666 g/mol. The van der Waals surface area contributed by atoms with Gasteiger partial charge in [-0.1, -0.05) is 61.7 Å². The number of hydrogen-bond acceptors (Lipinski definition) is 4. The maximum atomic E-state index is 10.5. The van der Waals surface area contributed by atoms with E-state index in [0.717, 1.165) is 73.9 Å². The Labute approximate surface area is 296 Å². The maximum Gasteiger partial charge on any atom is 0.103 e. The van der Waals surface area contributed by atoms with E-state index < -0.39 is 0 Å². The van der Waals surface area contributed by atoms with Crippen molar-refractivity contribution < 1.29 is 19.2 Å². The number of rotatable bonds is 6. The zero-order valence-electron chi connectivity index (χ0n) is 29.1. The number of fused-ring (bicyclic) bond motifs is 8. The molecule has 10 atom stereocenters. The Hall–Kier alpha value is -3.68. The van der Waals surface area contributed by atoms with Crippen molar-refractivity contribution in [2.75, 3.05) is 62.3 Å². The Bertz CT molecular complexity index is 1850. The van der Waals surface area contributed by atoms with Crippen LogP contribution >= 0.6 is 0 Å². The third-order valence-electron chi connectivity index (χ3n) is 15.9. The number of nitrogens with zero attached hydrogens (tertiary/aromatic N) is 4. The van der Waals surface area contributed by atoms with Crippen LogP contribution in [0.4, 0.5) is 11.4 Å². The lowest BCUT2D eigenvalue weighted by molar-refractivity contribution is -0.937. The zero-order valence-corrected chi connectivity index (χ0v) is 29.1. The molecular formula is C44H50N4O2+2. The summed E-state index contributed by atoms with van der Waals surface area (Å²) in [5.41, 5.74) is 11.8. The minimum Gasteiger partial charge on any atom is -0.392 e. The molecule has 2 saturated carbocycles. The second kappa shape index (κ2) is 10.0. The Morgan fingerprint density at radius 2 is 1.12 bits per heavy atom. The molecule has 11 rings (SSSR count). The number of quaternary nitrogens is 2. The van der Waals surface area contributed by atoms with Crippen LogP contribution in [0.1, 0.15) is 36.8 Å². The summed E-state index contributed by atoms with van der Waals surface area (Å²) in [6.45, 7) is 15.0. The Morgan fingerprint density at radius 1 is 0.680 bits per heavy atom. The van der Waals surface area contributed by atoms with Gasteiger partial charge in [-0.25, -0.2) is 0 Å². The highest BCUT2D eigenvalue weighted by Crippen LogP contribution is 2.69. The van der Waals surface area contributed by atoms with Gasteiger partial charge >= 0.3 is 0 Å². The molecule has 6 fully saturated rings. The van der Waals surface area contributed by atoms with E-state index in [1.54, 1.807) is 11.1 Å². The molecular weight excluding hydrogens is 617 g/mol. The molecule has 2 N–H and O–H groups in total. The van der Waals surface area contributed by atoms with Gasteiger partial charge in [-0.05, 0) is 57.7 Å². The van der Waals surface area contributed by atoms with Crippen LogP contribution < -0.4 is 9.80 Å². The van der Waals surface area contributed by atoms with E-state index in [1.807, 2.05) is 0 Å². The van der Waals surface area contributed by atoms with Crippen molar-refractivity contribution in [1.82, 2.24) is 0 Å². The molecule has 0 amide bonds. The molecule has 2 aromatic rings. The van der Waals surface area contributed by atoms with Gasteiger partial charge in [-0.15, -0.1) is 0 Å². The highest BCUT2D eigenvalue weighted by atomic mass is 16.3. The molecule has 4 bridgehead atoms. The Balaban J connectivity index is 1.22. The van der Waals surface area contributed by atoms with E-state index >= 15 is 0 Å². The van der Waals surface area contributed by atoms with Crippen molar-refractivity contribution >= 4 is 11.4 Å². The third kappa shape index (κ3) is 3.24. The molecule has 0 aromatic heterocycles. The number of benzene rings is 2. The summed E-state index contributed by atoms with van der Waals surface area (Å²) in [6, 6.07) is 20.3. The molecule has 0 radical (unpaired) electrons. The predicted molar refractivity (Wildman–Crippen MR) is 198 cm³/mol. The molecule has 2 aromatic carbocycles. The van der Waals surface area contributed by atoms with Gasteiger partial charge < -0.3 is 29.0 Å². The van der Waals surface area contributed by atoms with Crippen molar-refractivity contribution in [3.63, 3.8) is 0 Å². The van der Waals surface area contributed by atoms with Crippen molar-refractivity contribution in [1.29, 1.82) is 0 Å². The van der Waals surface area contributed by atoms with E-state index in [2.05, 4.69) is 108 Å². The molecule has 1 unspecified atom stereocenters. The first-order valence-electron chi connectivity index (χ1n) is 19.2. The molecule has 2 aliphatic carbocycles. The van der Waals surface area contributed by atoms with E-state index in [0.29, 0.717) is 23.9 Å². The SMILES string of the molecule is C=CC[N+]12CC[C@@]34c5ccccc5N5/C=C6/[C@H]7C[C@H]8[C@@]9(CC[N@@+]8(CC=C)C/C7=C\CO)c7ccccc7N(/C=C(/[C@@H](C[C@@H]31)/C(=C/CO)C2)[C@H]54)[C@@H]69. The summed E-state index contributed by atoms with van der Waals surface area (Å²) in [5.74, 6) is 0.615.